The maximum absolute atomic E-state index is 12.5. The van der Waals surface area contributed by atoms with Crippen LogP contribution < -0.4 is 5.56 Å². The van der Waals surface area contributed by atoms with Crippen LogP contribution in [0.2, 0.25) is 0 Å². The molecule has 0 spiro atoms. The summed E-state index contributed by atoms with van der Waals surface area (Å²) in [6, 6.07) is 7.44. The number of hydrogen-bond donors (Lipinski definition) is 1. The van der Waals surface area contributed by atoms with E-state index in [1.807, 2.05) is 30.5 Å². The second-order valence-electron chi connectivity index (χ2n) is 4.78. The van der Waals surface area contributed by atoms with E-state index >= 15 is 0 Å². The van der Waals surface area contributed by atoms with E-state index in [2.05, 4.69) is 15.0 Å². The highest BCUT2D eigenvalue weighted by molar-refractivity contribution is 7.99. The third-order valence-electron chi connectivity index (χ3n) is 3.33. The lowest BCUT2D eigenvalue weighted by atomic mass is 10.1. The molecule has 0 saturated carbocycles. The number of H-pyrrole nitrogens is 1. The minimum absolute atomic E-state index is 0.157. The number of aromatic nitrogens is 3. The number of carbonyl (C=O) groups excluding carboxylic acids is 1. The number of carbonyl (C=O) groups is 1. The summed E-state index contributed by atoms with van der Waals surface area (Å²) < 4.78 is 0. The third-order valence-corrected chi connectivity index (χ3v) is 4.16. The Balaban J connectivity index is 2.08. The number of allylic oxidation sites excluding steroid dienone is 1. The van der Waals surface area contributed by atoms with Crippen molar-refractivity contribution in [1.82, 2.24) is 15.0 Å². The summed E-state index contributed by atoms with van der Waals surface area (Å²) in [5, 5.41) is 0.861. The normalized spacial score (nSPS) is 11.2. The number of nitrogens with one attached hydrogen (secondary N) is 1. The first-order chi connectivity index (χ1) is 11.2. The fourth-order valence-electron chi connectivity index (χ4n) is 2.30. The zero-order valence-corrected chi connectivity index (χ0v) is 13.1. The molecule has 0 bridgehead atoms. The molecule has 0 aliphatic heterocycles. The molecular formula is C17H13N3O2S. The van der Waals surface area contributed by atoms with Gasteiger partial charge in [0, 0.05) is 33.8 Å². The SMILES string of the molecule is CSc1c(C(=O)/C=C/c2cncnc2)c(=O)[nH]c2ccccc12. The standard InChI is InChI=1S/C17H13N3O2S/c1-23-16-12-4-2-3-5-13(12)20-17(22)15(16)14(21)7-6-11-8-18-10-19-9-11/h2-10H,1H3,(H,20,22)/b7-6+. The van der Waals surface area contributed by atoms with Crippen LogP contribution >= 0.6 is 11.8 Å². The van der Waals surface area contributed by atoms with Gasteiger partial charge in [-0.3, -0.25) is 9.59 Å². The summed E-state index contributed by atoms with van der Waals surface area (Å²) in [5.41, 5.74) is 1.19. The second-order valence-corrected chi connectivity index (χ2v) is 5.59. The molecule has 3 rings (SSSR count). The largest absolute Gasteiger partial charge is 0.321 e. The molecule has 1 aromatic carbocycles. The first-order valence-electron chi connectivity index (χ1n) is 6.87. The molecule has 0 radical (unpaired) electrons. The van der Waals surface area contributed by atoms with Gasteiger partial charge in [0.2, 0.25) is 0 Å². The lowest BCUT2D eigenvalue weighted by Crippen LogP contribution is -2.18. The molecule has 1 N–H and O–H groups in total. The molecule has 0 aliphatic rings. The van der Waals surface area contributed by atoms with Gasteiger partial charge in [0.15, 0.2) is 5.78 Å². The predicted octanol–water partition coefficient (Wildman–Crippen LogP) is 2.94. The Kier molecular flexibility index (Phi) is 4.34. The Hall–Kier alpha value is -2.73. The summed E-state index contributed by atoms with van der Waals surface area (Å²) in [4.78, 5) is 36.0. The number of hydrogen-bond acceptors (Lipinski definition) is 5. The van der Waals surface area contributed by atoms with E-state index in [9.17, 15) is 9.59 Å². The summed E-state index contributed by atoms with van der Waals surface area (Å²) in [5.74, 6) is -0.342. The van der Waals surface area contributed by atoms with Crippen LogP contribution in [0.4, 0.5) is 0 Å². The summed E-state index contributed by atoms with van der Waals surface area (Å²) in [7, 11) is 0. The van der Waals surface area contributed by atoms with Gasteiger partial charge in [-0.05, 0) is 24.5 Å². The molecule has 23 heavy (non-hydrogen) atoms. The Morgan fingerprint density at radius 2 is 1.96 bits per heavy atom. The van der Waals surface area contributed by atoms with Crippen LogP contribution in [0.5, 0.6) is 0 Å². The zero-order valence-electron chi connectivity index (χ0n) is 12.3. The molecular weight excluding hydrogens is 310 g/mol. The molecule has 0 fully saturated rings. The number of thioether (sulfide) groups is 1. The molecule has 0 amide bonds. The van der Waals surface area contributed by atoms with Crippen molar-refractivity contribution < 1.29 is 4.79 Å². The highest BCUT2D eigenvalue weighted by Crippen LogP contribution is 2.27. The first kappa shape index (κ1) is 15.2. The summed E-state index contributed by atoms with van der Waals surface area (Å²) in [6.07, 6.45) is 9.43. The fraction of sp³-hybridized carbons (Fsp3) is 0.0588. The number of benzene rings is 1. The van der Waals surface area contributed by atoms with Crippen molar-refractivity contribution in [1.29, 1.82) is 0 Å². The van der Waals surface area contributed by atoms with Crippen LogP contribution in [0.3, 0.4) is 0 Å². The molecule has 5 nitrogen and oxygen atoms in total. The van der Waals surface area contributed by atoms with Crippen LogP contribution in [0.25, 0.3) is 17.0 Å². The van der Waals surface area contributed by atoms with Crippen LogP contribution in [0.15, 0.2) is 58.8 Å². The molecule has 2 aromatic heterocycles. The van der Waals surface area contributed by atoms with Gasteiger partial charge in [0.1, 0.15) is 11.9 Å². The van der Waals surface area contributed by atoms with Crippen molar-refractivity contribution in [2.45, 2.75) is 4.90 Å². The maximum atomic E-state index is 12.5. The Morgan fingerprint density at radius 1 is 1.22 bits per heavy atom. The highest BCUT2D eigenvalue weighted by Gasteiger charge is 2.16. The lowest BCUT2D eigenvalue weighted by molar-refractivity contribution is 0.104. The van der Waals surface area contributed by atoms with Crippen LogP contribution in [-0.2, 0) is 0 Å². The Morgan fingerprint density at radius 3 is 2.70 bits per heavy atom. The van der Waals surface area contributed by atoms with E-state index in [1.54, 1.807) is 18.5 Å². The van der Waals surface area contributed by atoms with Crippen molar-refractivity contribution in [2.24, 2.45) is 0 Å². The zero-order chi connectivity index (χ0) is 16.2. The second kappa shape index (κ2) is 6.58. The van der Waals surface area contributed by atoms with Gasteiger partial charge in [0.05, 0.1) is 0 Å². The molecule has 3 aromatic rings. The van der Waals surface area contributed by atoms with E-state index in [1.165, 1.54) is 24.2 Å². The first-order valence-corrected chi connectivity index (χ1v) is 8.09. The summed E-state index contributed by atoms with van der Waals surface area (Å²) in [6.45, 7) is 0. The number of fused-ring (bicyclic) bond motifs is 1. The number of pyridine rings is 1. The van der Waals surface area contributed by atoms with Gasteiger partial charge in [-0.2, -0.15) is 0 Å². The van der Waals surface area contributed by atoms with Gasteiger partial charge >= 0.3 is 0 Å². The maximum Gasteiger partial charge on any atom is 0.260 e. The van der Waals surface area contributed by atoms with Crippen LogP contribution in [0, 0.1) is 0 Å². The lowest BCUT2D eigenvalue weighted by Gasteiger charge is -2.08. The number of ketones is 1. The number of rotatable bonds is 4. The van der Waals surface area contributed by atoms with Crippen LogP contribution in [-0.4, -0.2) is 27.0 Å². The van der Waals surface area contributed by atoms with Gasteiger partial charge < -0.3 is 4.98 Å². The number of nitrogens with zero attached hydrogens (tertiary/aromatic N) is 2. The van der Waals surface area contributed by atoms with Crippen molar-refractivity contribution >= 4 is 34.5 Å². The average Bonchev–Trinajstić information content (AvgIpc) is 2.59. The third kappa shape index (κ3) is 3.07. The van der Waals surface area contributed by atoms with Crippen molar-refractivity contribution in [3.8, 4) is 0 Å². The minimum atomic E-state index is -0.382. The van der Waals surface area contributed by atoms with Crippen molar-refractivity contribution in [3.63, 3.8) is 0 Å². The molecule has 114 valence electrons. The van der Waals surface area contributed by atoms with Crippen molar-refractivity contribution in [2.75, 3.05) is 6.26 Å². The Bertz CT molecular complexity index is 949. The topological polar surface area (TPSA) is 75.7 Å². The quantitative estimate of drug-likeness (QED) is 0.454. The van der Waals surface area contributed by atoms with Gasteiger partial charge in [-0.15, -0.1) is 11.8 Å². The molecule has 0 saturated heterocycles. The minimum Gasteiger partial charge on any atom is -0.321 e. The molecule has 0 unspecified atom stereocenters. The van der Waals surface area contributed by atoms with Crippen molar-refractivity contribution in [3.05, 3.63) is 70.5 Å². The summed E-state index contributed by atoms with van der Waals surface area (Å²) >= 11 is 1.39. The number of aromatic amines is 1. The van der Waals surface area contributed by atoms with E-state index in [0.717, 1.165) is 10.9 Å². The van der Waals surface area contributed by atoms with Gasteiger partial charge in [-0.1, -0.05) is 18.2 Å². The van der Waals surface area contributed by atoms with Gasteiger partial charge in [0.25, 0.3) is 5.56 Å². The molecule has 2 heterocycles. The average molecular weight is 323 g/mol. The van der Waals surface area contributed by atoms with Gasteiger partial charge in [-0.25, -0.2) is 9.97 Å². The number of para-hydroxylation sites is 1. The van der Waals surface area contributed by atoms with E-state index < -0.39 is 0 Å². The molecule has 0 aliphatic carbocycles. The van der Waals surface area contributed by atoms with E-state index in [0.29, 0.717) is 10.5 Å². The Labute approximate surface area is 136 Å². The van der Waals surface area contributed by atoms with E-state index in [4.69, 9.17) is 0 Å². The predicted molar refractivity (Wildman–Crippen MR) is 91.7 cm³/mol. The molecule has 0 atom stereocenters. The molecule has 6 heteroatoms. The fourth-order valence-corrected chi connectivity index (χ4v) is 3.10. The highest BCUT2D eigenvalue weighted by atomic mass is 32.2. The monoisotopic (exact) mass is 323 g/mol. The van der Waals surface area contributed by atoms with Crippen LogP contribution in [0.1, 0.15) is 15.9 Å². The smallest absolute Gasteiger partial charge is 0.260 e. The van der Waals surface area contributed by atoms with E-state index in [-0.39, 0.29) is 16.9 Å².